The van der Waals surface area contributed by atoms with Gasteiger partial charge < -0.3 is 0 Å². The third kappa shape index (κ3) is 2.02. The smallest absolute Gasteiger partial charge is 0.207 e. The van der Waals surface area contributed by atoms with Crippen molar-refractivity contribution in [2.75, 3.05) is 6.54 Å². The second-order valence-electron chi connectivity index (χ2n) is 5.32. The van der Waals surface area contributed by atoms with Crippen LogP contribution in [0.4, 0.5) is 0 Å². The molecule has 90 valence electrons. The van der Waals surface area contributed by atoms with Crippen molar-refractivity contribution in [2.24, 2.45) is 0 Å². The van der Waals surface area contributed by atoms with Crippen molar-refractivity contribution < 1.29 is 8.42 Å². The highest BCUT2D eigenvalue weighted by Crippen LogP contribution is 2.30. The molecule has 0 saturated heterocycles. The lowest BCUT2D eigenvalue weighted by Crippen LogP contribution is -2.49. The summed E-state index contributed by atoms with van der Waals surface area (Å²) in [6.45, 7) is 6.21. The molecule has 1 aliphatic heterocycles. The maximum atomic E-state index is 12.5. The molecule has 0 fully saturated rings. The first-order chi connectivity index (χ1) is 7.74. The summed E-state index contributed by atoms with van der Waals surface area (Å²) in [7, 11) is 2.42. The molecular weight excluding hydrogens is 233 g/mol. The Balaban J connectivity index is 2.62. The molecule has 1 heterocycles. The van der Waals surface area contributed by atoms with E-state index in [4.69, 9.17) is 7.85 Å². The van der Waals surface area contributed by atoms with Gasteiger partial charge in [0.05, 0.1) is 4.90 Å². The zero-order valence-electron chi connectivity index (χ0n) is 10.4. The summed E-state index contributed by atoms with van der Waals surface area (Å²) in [5.41, 5.74) is 0.925. The fourth-order valence-electron chi connectivity index (χ4n) is 2.24. The largest absolute Gasteiger partial charge is 0.243 e. The molecule has 1 aliphatic rings. The predicted octanol–water partition coefficient (Wildman–Crippen LogP) is 0.826. The molecule has 17 heavy (non-hydrogen) atoms. The Bertz CT molecular complexity index is 546. The summed E-state index contributed by atoms with van der Waals surface area (Å²) in [5.74, 6) is 0. The van der Waals surface area contributed by atoms with Crippen LogP contribution in [0.2, 0.25) is 0 Å². The highest BCUT2D eigenvalue weighted by atomic mass is 32.2. The summed E-state index contributed by atoms with van der Waals surface area (Å²) in [6, 6.07) is 5.08. The SMILES string of the molecule is [B]c1cccc2c1CCN(C(C)(C)C)S2(=O)=O. The van der Waals surface area contributed by atoms with Gasteiger partial charge in [-0.2, -0.15) is 4.31 Å². The van der Waals surface area contributed by atoms with Crippen LogP contribution in [0, 0.1) is 0 Å². The average molecular weight is 249 g/mol. The van der Waals surface area contributed by atoms with Crippen LogP contribution in [0.25, 0.3) is 0 Å². The van der Waals surface area contributed by atoms with E-state index in [0.29, 0.717) is 23.3 Å². The zero-order valence-corrected chi connectivity index (χ0v) is 11.2. The standard InChI is InChI=1S/C12H16BNO2S/c1-12(2,3)14-8-7-9-10(13)5-4-6-11(9)17(14,15)16/h4-6H,7-8H2,1-3H3. The Morgan fingerprint density at radius 1 is 1.29 bits per heavy atom. The van der Waals surface area contributed by atoms with Crippen LogP contribution >= 0.6 is 0 Å². The first-order valence-electron chi connectivity index (χ1n) is 5.65. The molecule has 0 N–H and O–H groups in total. The van der Waals surface area contributed by atoms with E-state index in [1.54, 1.807) is 22.5 Å². The van der Waals surface area contributed by atoms with Crippen molar-refractivity contribution >= 4 is 23.3 Å². The molecule has 3 nitrogen and oxygen atoms in total. The summed E-state index contributed by atoms with van der Waals surface area (Å²) < 4.78 is 26.5. The van der Waals surface area contributed by atoms with Gasteiger partial charge in [-0.15, -0.1) is 0 Å². The minimum Gasteiger partial charge on any atom is -0.207 e. The van der Waals surface area contributed by atoms with Crippen LogP contribution in [0.1, 0.15) is 26.3 Å². The molecule has 0 bridgehead atoms. The fraction of sp³-hybridized carbons (Fsp3) is 0.500. The highest BCUT2D eigenvalue weighted by molar-refractivity contribution is 7.89. The van der Waals surface area contributed by atoms with Crippen molar-refractivity contribution in [3.05, 3.63) is 23.8 Å². The number of sulfonamides is 1. The van der Waals surface area contributed by atoms with Crippen LogP contribution in [0.3, 0.4) is 0 Å². The molecule has 0 saturated carbocycles. The van der Waals surface area contributed by atoms with E-state index >= 15 is 0 Å². The molecule has 0 spiro atoms. The molecule has 0 atom stereocenters. The number of hydrogen-bond acceptors (Lipinski definition) is 2. The van der Waals surface area contributed by atoms with E-state index in [1.165, 1.54) is 0 Å². The van der Waals surface area contributed by atoms with Crippen molar-refractivity contribution in [3.8, 4) is 0 Å². The first kappa shape index (κ1) is 12.6. The van der Waals surface area contributed by atoms with E-state index in [2.05, 4.69) is 0 Å². The minimum absolute atomic E-state index is 0.360. The molecule has 2 radical (unpaired) electrons. The Kier molecular flexibility index (Phi) is 2.87. The second-order valence-corrected chi connectivity index (χ2v) is 7.15. The van der Waals surface area contributed by atoms with E-state index in [-0.39, 0.29) is 0 Å². The third-order valence-corrected chi connectivity index (χ3v) is 5.30. The third-order valence-electron chi connectivity index (χ3n) is 3.05. The van der Waals surface area contributed by atoms with E-state index in [1.807, 2.05) is 20.8 Å². The van der Waals surface area contributed by atoms with Crippen molar-refractivity contribution in [3.63, 3.8) is 0 Å². The lowest BCUT2D eigenvalue weighted by Gasteiger charge is -2.38. The lowest BCUT2D eigenvalue weighted by molar-refractivity contribution is 0.246. The Hall–Kier alpha value is -0.805. The quantitative estimate of drug-likeness (QED) is 0.638. The Morgan fingerprint density at radius 2 is 1.94 bits per heavy atom. The van der Waals surface area contributed by atoms with Gasteiger partial charge in [-0.25, -0.2) is 8.42 Å². The molecule has 0 amide bonds. The van der Waals surface area contributed by atoms with Crippen LogP contribution in [0.15, 0.2) is 23.1 Å². The molecule has 0 unspecified atom stereocenters. The number of nitrogens with zero attached hydrogens (tertiary/aromatic N) is 1. The van der Waals surface area contributed by atoms with Gasteiger partial charge in [0, 0.05) is 12.1 Å². The van der Waals surface area contributed by atoms with Crippen molar-refractivity contribution in [2.45, 2.75) is 37.6 Å². The molecule has 0 aromatic heterocycles. The molecule has 0 aliphatic carbocycles. The normalized spacial score (nSPS) is 19.9. The van der Waals surface area contributed by atoms with Crippen molar-refractivity contribution in [1.29, 1.82) is 0 Å². The maximum Gasteiger partial charge on any atom is 0.243 e. The summed E-state index contributed by atoms with van der Waals surface area (Å²) >= 11 is 0. The summed E-state index contributed by atoms with van der Waals surface area (Å²) in [5, 5.41) is 0. The van der Waals surface area contributed by atoms with Crippen LogP contribution in [-0.4, -0.2) is 32.7 Å². The van der Waals surface area contributed by atoms with Gasteiger partial charge in [-0.1, -0.05) is 17.6 Å². The van der Waals surface area contributed by atoms with Crippen LogP contribution in [0.5, 0.6) is 0 Å². The molecule has 5 heteroatoms. The molecule has 2 rings (SSSR count). The minimum atomic E-state index is -3.41. The fourth-order valence-corrected chi connectivity index (χ4v) is 4.31. The van der Waals surface area contributed by atoms with Gasteiger partial charge >= 0.3 is 0 Å². The number of hydrogen-bond donors (Lipinski definition) is 0. The number of fused-ring (bicyclic) bond motifs is 1. The highest BCUT2D eigenvalue weighted by Gasteiger charge is 2.38. The van der Waals surface area contributed by atoms with Gasteiger partial charge in [0.2, 0.25) is 10.0 Å². The second kappa shape index (κ2) is 3.85. The van der Waals surface area contributed by atoms with Gasteiger partial charge in [0.1, 0.15) is 7.85 Å². The van der Waals surface area contributed by atoms with E-state index in [0.717, 1.165) is 5.56 Å². The molecular formula is C12H16BNO2S. The zero-order chi connectivity index (χ0) is 12.8. The van der Waals surface area contributed by atoms with E-state index < -0.39 is 15.6 Å². The van der Waals surface area contributed by atoms with Crippen LogP contribution in [-0.2, 0) is 16.4 Å². The van der Waals surface area contributed by atoms with Gasteiger partial charge in [-0.3, -0.25) is 0 Å². The number of benzene rings is 1. The summed E-state index contributed by atoms with van der Waals surface area (Å²) in [4.78, 5) is 0.360. The Labute approximate surface area is 104 Å². The molecule has 1 aromatic carbocycles. The van der Waals surface area contributed by atoms with Crippen molar-refractivity contribution in [1.82, 2.24) is 4.31 Å². The monoisotopic (exact) mass is 249 g/mol. The summed E-state index contributed by atoms with van der Waals surface area (Å²) in [6.07, 6.45) is 0.679. The Morgan fingerprint density at radius 3 is 2.53 bits per heavy atom. The average Bonchev–Trinajstić information content (AvgIpc) is 2.17. The lowest BCUT2D eigenvalue weighted by atomic mass is 9.89. The topological polar surface area (TPSA) is 37.4 Å². The first-order valence-corrected chi connectivity index (χ1v) is 7.09. The van der Waals surface area contributed by atoms with Crippen LogP contribution < -0.4 is 5.46 Å². The maximum absolute atomic E-state index is 12.5. The molecule has 1 aromatic rings. The van der Waals surface area contributed by atoms with Gasteiger partial charge in [0.15, 0.2) is 0 Å². The van der Waals surface area contributed by atoms with Gasteiger partial charge in [-0.05, 0) is 38.8 Å². The van der Waals surface area contributed by atoms with Gasteiger partial charge in [0.25, 0.3) is 0 Å². The predicted molar refractivity (Wildman–Crippen MR) is 69.2 cm³/mol. The van der Waals surface area contributed by atoms with E-state index in [9.17, 15) is 8.42 Å². The number of rotatable bonds is 0.